The molecule has 1 N–H and O–H groups in total. The number of nitrogens with one attached hydrogen (secondary N) is 1. The molecule has 2 amide bonds. The molecule has 0 atom stereocenters. The van der Waals surface area contributed by atoms with Gasteiger partial charge in [-0.15, -0.1) is 11.3 Å². The summed E-state index contributed by atoms with van der Waals surface area (Å²) in [5, 5.41) is 5.32. The lowest BCUT2D eigenvalue weighted by molar-refractivity contribution is -0.119. The number of anilines is 2. The van der Waals surface area contributed by atoms with Gasteiger partial charge in [0.25, 0.3) is 5.91 Å². The van der Waals surface area contributed by atoms with Crippen LogP contribution in [0.15, 0.2) is 47.8 Å². The number of hydrogen-bond acceptors (Lipinski definition) is 5. The van der Waals surface area contributed by atoms with Crippen molar-refractivity contribution in [3.63, 3.8) is 0 Å². The Kier molecular flexibility index (Phi) is 4.75. The lowest BCUT2D eigenvalue weighted by atomic mass is 10.1. The monoisotopic (exact) mass is 419 g/mol. The van der Waals surface area contributed by atoms with Crippen LogP contribution >= 0.6 is 11.3 Å². The molecule has 30 heavy (non-hydrogen) atoms. The normalized spacial score (nSPS) is 15.0. The summed E-state index contributed by atoms with van der Waals surface area (Å²) in [6.07, 6.45) is 2.90. The zero-order chi connectivity index (χ0) is 20.7. The number of carbonyl (C=O) groups excluding carboxylic acids is 2. The zero-order valence-corrected chi connectivity index (χ0v) is 17.4. The molecule has 3 aromatic rings. The third-order valence-electron chi connectivity index (χ3n) is 5.54. The standard InChI is InChI=1S/C23H21N3O3S/c1-29-20-5-3-2-4-17(20)21(27)25-23-24-18(13-30-23)15-8-9-19-16(12-15)10-11-26(19)22(28)14-6-7-14/h2-5,8-9,12-14H,6-7,10-11H2,1H3,(H,24,25,27). The van der Waals surface area contributed by atoms with E-state index in [1.807, 2.05) is 28.5 Å². The minimum absolute atomic E-state index is 0.226. The highest BCUT2D eigenvalue weighted by Gasteiger charge is 2.36. The van der Waals surface area contributed by atoms with Gasteiger partial charge in [0.15, 0.2) is 5.13 Å². The predicted molar refractivity (Wildman–Crippen MR) is 117 cm³/mol. The maximum absolute atomic E-state index is 12.6. The minimum Gasteiger partial charge on any atom is -0.496 e. The summed E-state index contributed by atoms with van der Waals surface area (Å²) in [4.78, 5) is 31.6. The number of fused-ring (bicyclic) bond motifs is 1. The average molecular weight is 420 g/mol. The van der Waals surface area contributed by atoms with E-state index in [4.69, 9.17) is 4.74 Å². The Morgan fingerprint density at radius 1 is 1.20 bits per heavy atom. The van der Waals surface area contributed by atoms with E-state index >= 15 is 0 Å². The molecule has 0 unspecified atom stereocenters. The van der Waals surface area contributed by atoms with Crippen LogP contribution in [0.25, 0.3) is 11.3 Å². The van der Waals surface area contributed by atoms with Gasteiger partial charge in [-0.2, -0.15) is 0 Å². The fraction of sp³-hybridized carbons (Fsp3) is 0.261. The number of thiazole rings is 1. The van der Waals surface area contributed by atoms with Crippen molar-refractivity contribution >= 4 is 34.0 Å². The molecule has 1 aromatic heterocycles. The van der Waals surface area contributed by atoms with Gasteiger partial charge >= 0.3 is 0 Å². The number of hydrogen-bond donors (Lipinski definition) is 1. The second kappa shape index (κ2) is 7.57. The summed E-state index contributed by atoms with van der Waals surface area (Å²) in [7, 11) is 1.54. The van der Waals surface area contributed by atoms with Crippen molar-refractivity contribution in [1.82, 2.24) is 4.98 Å². The van der Waals surface area contributed by atoms with Crippen LogP contribution in [-0.2, 0) is 11.2 Å². The van der Waals surface area contributed by atoms with Crippen molar-refractivity contribution in [3.05, 3.63) is 59.0 Å². The Balaban J connectivity index is 1.33. The SMILES string of the molecule is COc1ccccc1C(=O)Nc1nc(-c2ccc3c(c2)CCN3C(=O)C2CC2)cs1. The molecular weight excluding hydrogens is 398 g/mol. The molecule has 0 bridgehead atoms. The molecule has 6 nitrogen and oxygen atoms in total. The molecule has 5 rings (SSSR count). The van der Waals surface area contributed by atoms with Crippen LogP contribution in [0.1, 0.15) is 28.8 Å². The van der Waals surface area contributed by atoms with Crippen molar-refractivity contribution in [1.29, 1.82) is 0 Å². The zero-order valence-electron chi connectivity index (χ0n) is 16.6. The van der Waals surface area contributed by atoms with Crippen LogP contribution in [0.5, 0.6) is 5.75 Å². The predicted octanol–water partition coefficient (Wildman–Crippen LogP) is 4.37. The second-order valence-corrected chi connectivity index (χ2v) is 8.41. The number of nitrogens with zero attached hydrogens (tertiary/aromatic N) is 2. The molecule has 0 radical (unpaired) electrons. The van der Waals surface area contributed by atoms with Crippen LogP contribution in [-0.4, -0.2) is 30.5 Å². The first kappa shape index (κ1) is 18.8. The maximum Gasteiger partial charge on any atom is 0.261 e. The van der Waals surface area contributed by atoms with Gasteiger partial charge in [0.1, 0.15) is 5.75 Å². The molecule has 1 aliphatic heterocycles. The highest BCUT2D eigenvalue weighted by molar-refractivity contribution is 7.14. The lowest BCUT2D eigenvalue weighted by Gasteiger charge is -2.17. The van der Waals surface area contributed by atoms with E-state index in [1.165, 1.54) is 16.9 Å². The van der Waals surface area contributed by atoms with Crippen LogP contribution in [0.4, 0.5) is 10.8 Å². The summed E-state index contributed by atoms with van der Waals surface area (Å²) < 4.78 is 5.26. The highest BCUT2D eigenvalue weighted by Crippen LogP contribution is 2.38. The van der Waals surface area contributed by atoms with E-state index < -0.39 is 0 Å². The van der Waals surface area contributed by atoms with Crippen molar-refractivity contribution in [3.8, 4) is 17.0 Å². The number of carbonyl (C=O) groups is 2. The number of para-hydroxylation sites is 1. The topological polar surface area (TPSA) is 71.5 Å². The molecule has 1 saturated carbocycles. The number of aromatic nitrogens is 1. The summed E-state index contributed by atoms with van der Waals surface area (Å²) in [6, 6.07) is 13.2. The van der Waals surface area contributed by atoms with Crippen molar-refractivity contribution < 1.29 is 14.3 Å². The molecule has 2 aromatic carbocycles. The fourth-order valence-electron chi connectivity index (χ4n) is 3.80. The van der Waals surface area contributed by atoms with Gasteiger partial charge in [-0.05, 0) is 49.1 Å². The van der Waals surface area contributed by atoms with Gasteiger partial charge in [0.05, 0.1) is 18.4 Å². The Morgan fingerprint density at radius 3 is 2.83 bits per heavy atom. The number of ether oxygens (including phenoxy) is 1. The smallest absolute Gasteiger partial charge is 0.261 e. The molecular formula is C23H21N3O3S. The highest BCUT2D eigenvalue weighted by atomic mass is 32.1. The Bertz CT molecular complexity index is 1140. The first-order chi connectivity index (χ1) is 14.6. The van der Waals surface area contributed by atoms with Crippen molar-refractivity contribution in [2.24, 2.45) is 5.92 Å². The largest absolute Gasteiger partial charge is 0.496 e. The quantitative estimate of drug-likeness (QED) is 0.667. The number of rotatable bonds is 5. The molecule has 1 aliphatic carbocycles. The Labute approximate surface area is 178 Å². The maximum atomic E-state index is 12.6. The van der Waals surface area contributed by atoms with Crippen LogP contribution < -0.4 is 15.0 Å². The van der Waals surface area contributed by atoms with Gasteiger partial charge in [0, 0.05) is 29.1 Å². The third-order valence-corrected chi connectivity index (χ3v) is 6.30. The third kappa shape index (κ3) is 3.45. The molecule has 2 aliphatic rings. The van der Waals surface area contributed by atoms with Crippen LogP contribution in [0.3, 0.4) is 0 Å². The average Bonchev–Trinajstić information content (AvgIpc) is 3.38. The van der Waals surface area contributed by atoms with E-state index in [9.17, 15) is 9.59 Å². The van der Waals surface area contributed by atoms with E-state index in [0.29, 0.717) is 16.4 Å². The van der Waals surface area contributed by atoms with Gasteiger partial charge in [0.2, 0.25) is 5.91 Å². The van der Waals surface area contributed by atoms with Gasteiger partial charge in [-0.1, -0.05) is 18.2 Å². The van der Waals surface area contributed by atoms with Gasteiger partial charge < -0.3 is 9.64 Å². The van der Waals surface area contributed by atoms with Gasteiger partial charge in [-0.3, -0.25) is 14.9 Å². The first-order valence-corrected chi connectivity index (χ1v) is 10.9. The van der Waals surface area contributed by atoms with Gasteiger partial charge in [-0.25, -0.2) is 4.98 Å². The Morgan fingerprint density at radius 2 is 2.03 bits per heavy atom. The van der Waals surface area contributed by atoms with E-state index in [2.05, 4.69) is 16.4 Å². The van der Waals surface area contributed by atoms with Crippen LogP contribution in [0, 0.1) is 5.92 Å². The second-order valence-electron chi connectivity index (χ2n) is 7.55. The molecule has 2 heterocycles. The summed E-state index contributed by atoms with van der Waals surface area (Å²) in [6.45, 7) is 0.755. The Hall–Kier alpha value is -3.19. The minimum atomic E-state index is -0.253. The molecule has 0 spiro atoms. The number of amides is 2. The fourth-order valence-corrected chi connectivity index (χ4v) is 4.52. The lowest BCUT2D eigenvalue weighted by Crippen LogP contribution is -2.30. The summed E-state index contributed by atoms with van der Waals surface area (Å²) >= 11 is 1.38. The van der Waals surface area contributed by atoms with E-state index in [1.54, 1.807) is 25.3 Å². The molecule has 1 fully saturated rings. The molecule has 7 heteroatoms. The number of methoxy groups -OCH3 is 1. The van der Waals surface area contributed by atoms with Crippen molar-refractivity contribution in [2.75, 3.05) is 23.9 Å². The summed E-state index contributed by atoms with van der Waals surface area (Å²) in [5.41, 5.74) is 4.47. The van der Waals surface area contributed by atoms with Crippen molar-refractivity contribution in [2.45, 2.75) is 19.3 Å². The molecule has 152 valence electrons. The van der Waals surface area contributed by atoms with Crippen LogP contribution in [0.2, 0.25) is 0 Å². The number of benzene rings is 2. The first-order valence-electron chi connectivity index (χ1n) is 9.98. The van der Waals surface area contributed by atoms with E-state index in [0.717, 1.165) is 42.8 Å². The summed E-state index contributed by atoms with van der Waals surface area (Å²) in [5.74, 6) is 0.757. The molecule has 0 saturated heterocycles. The van der Waals surface area contributed by atoms with E-state index in [-0.39, 0.29) is 17.7 Å².